The lowest BCUT2D eigenvalue weighted by atomic mass is 10.0. The van der Waals surface area contributed by atoms with Gasteiger partial charge in [-0.3, -0.25) is 0 Å². The van der Waals surface area contributed by atoms with Gasteiger partial charge in [-0.2, -0.15) is 5.26 Å². The van der Waals surface area contributed by atoms with Crippen molar-refractivity contribution in [2.45, 2.75) is 0 Å². The van der Waals surface area contributed by atoms with Crippen LogP contribution in [0.1, 0.15) is 21.5 Å². The van der Waals surface area contributed by atoms with Crippen LogP contribution in [-0.4, -0.2) is 13.1 Å². The van der Waals surface area contributed by atoms with Crippen molar-refractivity contribution in [1.82, 2.24) is 0 Å². The molecule has 138 valence electrons. The van der Waals surface area contributed by atoms with Gasteiger partial charge in [0, 0.05) is 5.02 Å². The lowest BCUT2D eigenvalue weighted by Crippen LogP contribution is -2.08. The maximum atomic E-state index is 12.4. The standard InChI is InChI=1S/C23H16ClNO3/c1-27-21-9-4-7-18(14-21)23(26)28-22-10-2-5-16(12-22)11-19(15-25)17-6-3-8-20(24)13-17/h2-14H,1H3/b19-11-. The lowest BCUT2D eigenvalue weighted by molar-refractivity contribution is 0.0734. The first-order chi connectivity index (χ1) is 13.6. The number of ether oxygens (including phenoxy) is 2. The van der Waals surface area contributed by atoms with E-state index < -0.39 is 5.97 Å². The van der Waals surface area contributed by atoms with Gasteiger partial charge >= 0.3 is 5.97 Å². The van der Waals surface area contributed by atoms with Gasteiger partial charge in [0.05, 0.1) is 24.3 Å². The third-order valence-corrected chi connectivity index (χ3v) is 4.18. The molecule has 0 aliphatic carbocycles. The van der Waals surface area contributed by atoms with E-state index in [0.29, 0.717) is 33.2 Å². The first-order valence-corrected chi connectivity index (χ1v) is 8.81. The molecule has 0 radical (unpaired) electrons. The van der Waals surface area contributed by atoms with E-state index in [9.17, 15) is 10.1 Å². The fourth-order valence-corrected chi connectivity index (χ4v) is 2.78. The molecule has 0 atom stereocenters. The second-order valence-electron chi connectivity index (χ2n) is 5.87. The predicted octanol–water partition coefficient (Wildman–Crippen LogP) is 5.63. The Balaban J connectivity index is 1.83. The fraction of sp³-hybridized carbons (Fsp3) is 0.0435. The summed E-state index contributed by atoms with van der Waals surface area (Å²) in [5.74, 6) is 0.464. The van der Waals surface area contributed by atoms with E-state index >= 15 is 0 Å². The Morgan fingerprint density at radius 3 is 2.43 bits per heavy atom. The van der Waals surface area contributed by atoms with E-state index in [1.165, 1.54) is 7.11 Å². The number of nitriles is 1. The molecule has 0 aromatic heterocycles. The third-order valence-electron chi connectivity index (χ3n) is 3.94. The number of allylic oxidation sites excluding steroid dienone is 1. The van der Waals surface area contributed by atoms with Crippen LogP contribution in [-0.2, 0) is 0 Å². The predicted molar refractivity (Wildman–Crippen MR) is 109 cm³/mol. The summed E-state index contributed by atoms with van der Waals surface area (Å²) in [5, 5.41) is 10.0. The van der Waals surface area contributed by atoms with Crippen LogP contribution in [0.2, 0.25) is 5.02 Å². The number of carbonyl (C=O) groups excluding carboxylic acids is 1. The molecular weight excluding hydrogens is 374 g/mol. The summed E-state index contributed by atoms with van der Waals surface area (Å²) in [6.45, 7) is 0. The van der Waals surface area contributed by atoms with Crippen molar-refractivity contribution < 1.29 is 14.3 Å². The Labute approximate surface area is 168 Å². The highest BCUT2D eigenvalue weighted by Crippen LogP contribution is 2.23. The van der Waals surface area contributed by atoms with Gasteiger partial charge in [0.1, 0.15) is 11.5 Å². The zero-order valence-corrected chi connectivity index (χ0v) is 15.8. The number of nitrogens with zero attached hydrogens (tertiary/aromatic N) is 1. The minimum absolute atomic E-state index is 0.380. The fourth-order valence-electron chi connectivity index (χ4n) is 2.59. The number of hydrogen-bond donors (Lipinski definition) is 0. The number of carbonyl (C=O) groups is 1. The van der Waals surface area contributed by atoms with E-state index in [-0.39, 0.29) is 0 Å². The molecule has 0 amide bonds. The summed E-state index contributed by atoms with van der Waals surface area (Å²) in [5.41, 5.74) is 2.29. The number of halogens is 1. The van der Waals surface area contributed by atoms with Crippen LogP contribution in [0.15, 0.2) is 72.8 Å². The largest absolute Gasteiger partial charge is 0.497 e. The second-order valence-corrected chi connectivity index (χ2v) is 6.31. The van der Waals surface area contributed by atoms with Crippen molar-refractivity contribution in [2.24, 2.45) is 0 Å². The number of methoxy groups -OCH3 is 1. The molecule has 28 heavy (non-hydrogen) atoms. The molecule has 4 nitrogen and oxygen atoms in total. The van der Waals surface area contributed by atoms with Gasteiger partial charge in [-0.25, -0.2) is 4.79 Å². The Bertz CT molecular complexity index is 1080. The molecule has 3 aromatic rings. The van der Waals surface area contributed by atoms with Gasteiger partial charge in [-0.05, 0) is 59.7 Å². The SMILES string of the molecule is COc1cccc(C(=O)Oc2cccc(/C=C(/C#N)c3cccc(Cl)c3)c2)c1. The summed E-state index contributed by atoms with van der Waals surface area (Å²) in [4.78, 5) is 12.4. The Morgan fingerprint density at radius 1 is 0.964 bits per heavy atom. The highest BCUT2D eigenvalue weighted by molar-refractivity contribution is 6.30. The molecule has 0 saturated carbocycles. The molecular formula is C23H16ClNO3. The minimum atomic E-state index is -0.490. The van der Waals surface area contributed by atoms with Crippen LogP contribution in [0, 0.1) is 11.3 Å². The van der Waals surface area contributed by atoms with Crippen molar-refractivity contribution in [3.05, 3.63) is 94.5 Å². The van der Waals surface area contributed by atoms with Crippen LogP contribution in [0.3, 0.4) is 0 Å². The molecule has 0 fully saturated rings. The van der Waals surface area contributed by atoms with Crippen LogP contribution >= 0.6 is 11.6 Å². The van der Waals surface area contributed by atoms with Gasteiger partial charge in [0.15, 0.2) is 0 Å². The van der Waals surface area contributed by atoms with E-state index in [0.717, 1.165) is 5.56 Å². The van der Waals surface area contributed by atoms with E-state index in [2.05, 4.69) is 6.07 Å². The molecule has 0 spiro atoms. The molecule has 3 rings (SSSR count). The van der Waals surface area contributed by atoms with Crippen LogP contribution in [0.4, 0.5) is 0 Å². The van der Waals surface area contributed by atoms with Gasteiger partial charge in [0.25, 0.3) is 0 Å². The number of rotatable bonds is 5. The monoisotopic (exact) mass is 389 g/mol. The minimum Gasteiger partial charge on any atom is -0.497 e. The molecule has 0 aliphatic heterocycles. The maximum absolute atomic E-state index is 12.4. The zero-order chi connectivity index (χ0) is 19.9. The average molecular weight is 390 g/mol. The Morgan fingerprint density at radius 2 is 1.68 bits per heavy atom. The van der Waals surface area contributed by atoms with Crippen LogP contribution in [0.5, 0.6) is 11.5 Å². The summed E-state index contributed by atoms with van der Waals surface area (Å²) in [6.07, 6.45) is 1.72. The first-order valence-electron chi connectivity index (χ1n) is 8.43. The molecule has 0 unspecified atom stereocenters. The molecule has 0 N–H and O–H groups in total. The quantitative estimate of drug-likeness (QED) is 0.245. The number of benzene rings is 3. The Hall–Kier alpha value is -3.55. The van der Waals surface area contributed by atoms with E-state index in [1.807, 2.05) is 12.1 Å². The lowest BCUT2D eigenvalue weighted by Gasteiger charge is -2.07. The van der Waals surface area contributed by atoms with Gasteiger partial charge in [-0.1, -0.05) is 41.9 Å². The number of esters is 1. The average Bonchev–Trinajstić information content (AvgIpc) is 2.72. The zero-order valence-electron chi connectivity index (χ0n) is 15.1. The summed E-state index contributed by atoms with van der Waals surface area (Å²) < 4.78 is 10.6. The topological polar surface area (TPSA) is 59.3 Å². The van der Waals surface area contributed by atoms with E-state index in [1.54, 1.807) is 66.7 Å². The van der Waals surface area contributed by atoms with Gasteiger partial charge in [0.2, 0.25) is 0 Å². The molecule has 0 bridgehead atoms. The van der Waals surface area contributed by atoms with Crippen molar-refractivity contribution in [3.8, 4) is 17.6 Å². The van der Waals surface area contributed by atoms with Crippen molar-refractivity contribution in [1.29, 1.82) is 5.26 Å². The smallest absolute Gasteiger partial charge is 0.343 e. The first kappa shape index (κ1) is 19.2. The van der Waals surface area contributed by atoms with Crippen molar-refractivity contribution in [2.75, 3.05) is 7.11 Å². The Kier molecular flexibility index (Phi) is 6.11. The molecule has 0 heterocycles. The summed E-state index contributed by atoms with van der Waals surface area (Å²) in [7, 11) is 1.53. The molecule has 3 aromatic carbocycles. The van der Waals surface area contributed by atoms with Crippen LogP contribution < -0.4 is 9.47 Å². The third kappa shape index (κ3) is 4.79. The molecule has 5 heteroatoms. The van der Waals surface area contributed by atoms with Crippen molar-refractivity contribution in [3.63, 3.8) is 0 Å². The second kappa shape index (κ2) is 8.90. The van der Waals surface area contributed by atoms with E-state index in [4.69, 9.17) is 21.1 Å². The number of hydrogen-bond acceptors (Lipinski definition) is 4. The highest BCUT2D eigenvalue weighted by atomic mass is 35.5. The summed E-state index contributed by atoms with van der Waals surface area (Å²) >= 11 is 6.01. The van der Waals surface area contributed by atoms with Crippen molar-refractivity contribution >= 4 is 29.2 Å². The van der Waals surface area contributed by atoms with Crippen LogP contribution in [0.25, 0.3) is 11.6 Å². The van der Waals surface area contributed by atoms with Gasteiger partial charge in [-0.15, -0.1) is 0 Å². The highest BCUT2D eigenvalue weighted by Gasteiger charge is 2.10. The van der Waals surface area contributed by atoms with Gasteiger partial charge < -0.3 is 9.47 Å². The summed E-state index contributed by atoms with van der Waals surface area (Å²) in [6, 6.07) is 22.9. The normalized spacial score (nSPS) is 10.8. The molecule has 0 aliphatic rings. The maximum Gasteiger partial charge on any atom is 0.343 e. The molecule has 0 saturated heterocycles.